The van der Waals surface area contributed by atoms with E-state index in [2.05, 4.69) is 10.6 Å². The van der Waals surface area contributed by atoms with Crippen molar-refractivity contribution >= 4 is 18.3 Å². The molecule has 2 N–H and O–H groups in total. The first-order chi connectivity index (χ1) is 10.3. The molecule has 1 atom stereocenters. The van der Waals surface area contributed by atoms with E-state index in [1.54, 1.807) is 19.2 Å². The Kier molecular flexibility index (Phi) is 5.74. The number of benzene rings is 1. The third-order valence-electron chi connectivity index (χ3n) is 3.72. The summed E-state index contributed by atoms with van der Waals surface area (Å²) in [5.41, 5.74) is 0.529. The van der Waals surface area contributed by atoms with E-state index in [0.29, 0.717) is 36.0 Å². The van der Waals surface area contributed by atoms with Crippen LogP contribution in [0.15, 0.2) is 12.1 Å². The summed E-state index contributed by atoms with van der Waals surface area (Å²) in [7, 11) is 1.56. The van der Waals surface area contributed by atoms with Gasteiger partial charge in [-0.2, -0.15) is 0 Å². The molecule has 0 aromatic heterocycles. The topological polar surface area (TPSA) is 68.8 Å². The third-order valence-corrected chi connectivity index (χ3v) is 3.72. The number of methoxy groups -OCH3 is 1. The molecule has 1 aromatic rings. The number of amides is 1. The summed E-state index contributed by atoms with van der Waals surface area (Å²) >= 11 is 0. The largest absolute Gasteiger partial charge is 0.493 e. The van der Waals surface area contributed by atoms with Gasteiger partial charge < -0.3 is 24.8 Å². The zero-order chi connectivity index (χ0) is 14.7. The van der Waals surface area contributed by atoms with Crippen LogP contribution in [0.1, 0.15) is 23.2 Å². The predicted octanol–water partition coefficient (Wildman–Crippen LogP) is 1.37. The SMILES string of the molecule is COc1cc(C(=O)NC2CCCNC2)cc2c1OCCO2.Cl. The molecule has 7 heteroatoms. The van der Waals surface area contributed by atoms with Gasteiger partial charge in [0.15, 0.2) is 11.5 Å². The molecule has 1 saturated heterocycles. The van der Waals surface area contributed by atoms with Gasteiger partial charge in [-0.3, -0.25) is 4.79 Å². The van der Waals surface area contributed by atoms with Crippen molar-refractivity contribution in [2.24, 2.45) is 0 Å². The number of hydrogen-bond donors (Lipinski definition) is 2. The highest BCUT2D eigenvalue weighted by Crippen LogP contribution is 2.40. The molecule has 2 heterocycles. The molecule has 0 saturated carbocycles. The summed E-state index contributed by atoms with van der Waals surface area (Å²) in [6, 6.07) is 3.58. The van der Waals surface area contributed by atoms with Gasteiger partial charge in [0, 0.05) is 18.2 Å². The van der Waals surface area contributed by atoms with Crippen molar-refractivity contribution in [1.29, 1.82) is 0 Å². The monoisotopic (exact) mass is 328 g/mol. The van der Waals surface area contributed by atoms with Crippen LogP contribution >= 0.6 is 12.4 Å². The fraction of sp³-hybridized carbons (Fsp3) is 0.533. The van der Waals surface area contributed by atoms with Crippen LogP contribution in [-0.2, 0) is 0 Å². The summed E-state index contributed by atoms with van der Waals surface area (Å²) < 4.78 is 16.4. The summed E-state index contributed by atoms with van der Waals surface area (Å²) in [6.45, 7) is 2.80. The Bertz CT molecular complexity index is 515. The van der Waals surface area contributed by atoms with Gasteiger partial charge in [-0.05, 0) is 31.5 Å². The average Bonchev–Trinajstić information content (AvgIpc) is 2.54. The van der Waals surface area contributed by atoms with E-state index in [-0.39, 0.29) is 24.4 Å². The molecule has 1 unspecified atom stereocenters. The van der Waals surface area contributed by atoms with Crippen LogP contribution < -0.4 is 24.8 Å². The van der Waals surface area contributed by atoms with E-state index in [0.717, 1.165) is 25.9 Å². The Labute approximate surface area is 135 Å². The van der Waals surface area contributed by atoms with E-state index < -0.39 is 0 Å². The quantitative estimate of drug-likeness (QED) is 0.877. The number of ether oxygens (including phenoxy) is 3. The van der Waals surface area contributed by atoms with E-state index in [1.807, 2.05) is 0 Å². The van der Waals surface area contributed by atoms with Gasteiger partial charge in [-0.25, -0.2) is 0 Å². The normalized spacial score (nSPS) is 19.8. The maximum absolute atomic E-state index is 12.4. The minimum absolute atomic E-state index is 0. The molecule has 0 bridgehead atoms. The smallest absolute Gasteiger partial charge is 0.251 e. The first kappa shape index (κ1) is 16.7. The van der Waals surface area contributed by atoms with Gasteiger partial charge in [0.05, 0.1) is 7.11 Å². The van der Waals surface area contributed by atoms with Crippen LogP contribution in [0.3, 0.4) is 0 Å². The summed E-state index contributed by atoms with van der Waals surface area (Å²) in [5.74, 6) is 1.55. The van der Waals surface area contributed by atoms with Crippen LogP contribution in [0.5, 0.6) is 17.2 Å². The third kappa shape index (κ3) is 3.56. The van der Waals surface area contributed by atoms with Gasteiger partial charge in [0.2, 0.25) is 5.75 Å². The maximum atomic E-state index is 12.4. The van der Waals surface area contributed by atoms with Crippen molar-refractivity contribution in [3.63, 3.8) is 0 Å². The Morgan fingerprint density at radius 3 is 2.91 bits per heavy atom. The van der Waals surface area contributed by atoms with Gasteiger partial charge in [0.1, 0.15) is 13.2 Å². The summed E-state index contributed by atoms with van der Waals surface area (Å²) in [4.78, 5) is 12.4. The molecule has 1 aromatic carbocycles. The molecule has 2 aliphatic rings. The first-order valence-electron chi connectivity index (χ1n) is 7.27. The molecule has 2 aliphatic heterocycles. The van der Waals surface area contributed by atoms with Gasteiger partial charge in [0.25, 0.3) is 5.91 Å². The fourth-order valence-electron chi connectivity index (χ4n) is 2.65. The lowest BCUT2D eigenvalue weighted by molar-refractivity contribution is 0.0928. The lowest BCUT2D eigenvalue weighted by Crippen LogP contribution is -2.45. The molecule has 0 aliphatic carbocycles. The number of halogens is 1. The van der Waals surface area contributed by atoms with Crippen molar-refractivity contribution < 1.29 is 19.0 Å². The van der Waals surface area contributed by atoms with Crippen molar-refractivity contribution in [1.82, 2.24) is 10.6 Å². The standard InChI is InChI=1S/C15H20N2O4.ClH/c1-19-12-7-10(8-13-14(12)21-6-5-20-13)15(18)17-11-3-2-4-16-9-11;/h7-8,11,16H,2-6,9H2,1H3,(H,17,18);1H. The zero-order valence-electron chi connectivity index (χ0n) is 12.5. The van der Waals surface area contributed by atoms with Crippen LogP contribution in [0.25, 0.3) is 0 Å². The number of carbonyl (C=O) groups is 1. The minimum Gasteiger partial charge on any atom is -0.493 e. The maximum Gasteiger partial charge on any atom is 0.251 e. The van der Waals surface area contributed by atoms with Crippen molar-refractivity contribution in [2.45, 2.75) is 18.9 Å². The molecular formula is C15H21ClN2O4. The van der Waals surface area contributed by atoms with E-state index in [9.17, 15) is 4.79 Å². The minimum atomic E-state index is -0.112. The molecule has 0 spiro atoms. The molecule has 0 radical (unpaired) electrons. The molecule has 3 rings (SSSR count). The second kappa shape index (κ2) is 7.56. The molecule has 1 fully saturated rings. The number of fused-ring (bicyclic) bond motifs is 1. The van der Waals surface area contributed by atoms with Crippen LogP contribution in [0, 0.1) is 0 Å². The second-order valence-electron chi connectivity index (χ2n) is 5.22. The predicted molar refractivity (Wildman–Crippen MR) is 84.6 cm³/mol. The van der Waals surface area contributed by atoms with Crippen LogP contribution in [0.4, 0.5) is 0 Å². The number of nitrogens with one attached hydrogen (secondary N) is 2. The molecule has 6 nitrogen and oxygen atoms in total. The van der Waals surface area contributed by atoms with E-state index in [1.165, 1.54) is 0 Å². The lowest BCUT2D eigenvalue weighted by Gasteiger charge is -2.25. The Morgan fingerprint density at radius 1 is 1.36 bits per heavy atom. The van der Waals surface area contributed by atoms with E-state index in [4.69, 9.17) is 14.2 Å². The highest BCUT2D eigenvalue weighted by molar-refractivity contribution is 5.95. The van der Waals surface area contributed by atoms with Crippen LogP contribution in [-0.4, -0.2) is 45.4 Å². The summed E-state index contributed by atoms with van der Waals surface area (Å²) in [5, 5.41) is 6.32. The van der Waals surface area contributed by atoms with Crippen molar-refractivity contribution in [2.75, 3.05) is 33.4 Å². The van der Waals surface area contributed by atoms with Crippen molar-refractivity contribution in [3.8, 4) is 17.2 Å². The molecule has 22 heavy (non-hydrogen) atoms. The lowest BCUT2D eigenvalue weighted by atomic mass is 10.1. The van der Waals surface area contributed by atoms with E-state index >= 15 is 0 Å². The highest BCUT2D eigenvalue weighted by Gasteiger charge is 2.22. The zero-order valence-corrected chi connectivity index (χ0v) is 13.3. The number of piperidine rings is 1. The number of hydrogen-bond acceptors (Lipinski definition) is 5. The Hall–Kier alpha value is -1.66. The van der Waals surface area contributed by atoms with Crippen molar-refractivity contribution in [3.05, 3.63) is 17.7 Å². The fourth-order valence-corrected chi connectivity index (χ4v) is 2.65. The van der Waals surface area contributed by atoms with Gasteiger partial charge in [-0.1, -0.05) is 0 Å². The molecule has 1 amide bonds. The Balaban J connectivity index is 0.00000176. The molecule has 122 valence electrons. The van der Waals surface area contributed by atoms with Gasteiger partial charge in [-0.15, -0.1) is 12.4 Å². The Morgan fingerprint density at radius 2 is 2.18 bits per heavy atom. The first-order valence-corrected chi connectivity index (χ1v) is 7.27. The molecular weight excluding hydrogens is 308 g/mol. The second-order valence-corrected chi connectivity index (χ2v) is 5.22. The van der Waals surface area contributed by atoms with Crippen LogP contribution in [0.2, 0.25) is 0 Å². The highest BCUT2D eigenvalue weighted by atomic mass is 35.5. The van der Waals surface area contributed by atoms with Gasteiger partial charge >= 0.3 is 0 Å². The number of rotatable bonds is 3. The number of carbonyl (C=O) groups excluding carboxylic acids is 1. The average molecular weight is 329 g/mol. The summed E-state index contributed by atoms with van der Waals surface area (Å²) in [6.07, 6.45) is 2.08.